The first-order valence-corrected chi connectivity index (χ1v) is 8.09. The molecule has 0 spiro atoms. The lowest BCUT2D eigenvalue weighted by Crippen LogP contribution is -2.26. The van der Waals surface area contributed by atoms with Crippen LogP contribution in [0.2, 0.25) is 0 Å². The van der Waals surface area contributed by atoms with Gasteiger partial charge in [-0.05, 0) is 46.3 Å². The average Bonchev–Trinajstić information content (AvgIpc) is 2.61. The van der Waals surface area contributed by atoms with Crippen LogP contribution in [0.1, 0.15) is 15.9 Å². The molecule has 2 aromatic rings. The maximum absolute atomic E-state index is 12.6. The minimum Gasteiger partial charge on any atom is -0.497 e. The van der Waals surface area contributed by atoms with Gasteiger partial charge in [-0.3, -0.25) is 4.79 Å². The molecule has 0 bridgehead atoms. The summed E-state index contributed by atoms with van der Waals surface area (Å²) < 4.78 is 16.5. The molecular formula is C18H20BrNO4. The lowest BCUT2D eigenvalue weighted by Gasteiger charge is -2.19. The van der Waals surface area contributed by atoms with Gasteiger partial charge in [0.1, 0.15) is 17.2 Å². The van der Waals surface area contributed by atoms with Crippen molar-refractivity contribution >= 4 is 21.8 Å². The minimum atomic E-state index is -0.0868. The van der Waals surface area contributed by atoms with Crippen molar-refractivity contribution in [3.63, 3.8) is 0 Å². The molecule has 0 aliphatic heterocycles. The number of halogens is 1. The van der Waals surface area contributed by atoms with Gasteiger partial charge in [0.15, 0.2) is 0 Å². The van der Waals surface area contributed by atoms with E-state index in [0.717, 1.165) is 10.0 Å². The third kappa shape index (κ3) is 4.00. The second-order valence-corrected chi connectivity index (χ2v) is 6.04. The summed E-state index contributed by atoms with van der Waals surface area (Å²) in [6.45, 7) is 0.426. The quantitative estimate of drug-likeness (QED) is 0.749. The van der Waals surface area contributed by atoms with E-state index in [9.17, 15) is 4.79 Å². The van der Waals surface area contributed by atoms with Gasteiger partial charge in [-0.1, -0.05) is 0 Å². The van der Waals surface area contributed by atoms with Crippen LogP contribution in [0.15, 0.2) is 40.9 Å². The van der Waals surface area contributed by atoms with Crippen molar-refractivity contribution in [1.82, 2.24) is 4.90 Å². The van der Waals surface area contributed by atoms with Crippen molar-refractivity contribution in [3.8, 4) is 17.2 Å². The first-order valence-electron chi connectivity index (χ1n) is 7.30. The number of hydrogen-bond acceptors (Lipinski definition) is 4. The Morgan fingerprint density at radius 1 is 1.00 bits per heavy atom. The zero-order valence-electron chi connectivity index (χ0n) is 14.1. The molecule has 0 saturated carbocycles. The molecule has 0 N–H and O–H groups in total. The van der Waals surface area contributed by atoms with E-state index in [1.165, 1.54) is 0 Å². The number of carbonyl (C=O) groups excluding carboxylic acids is 1. The second-order valence-electron chi connectivity index (χ2n) is 5.19. The van der Waals surface area contributed by atoms with Crippen molar-refractivity contribution in [2.24, 2.45) is 0 Å². The summed E-state index contributed by atoms with van der Waals surface area (Å²) in [6.07, 6.45) is 0. The Morgan fingerprint density at radius 3 is 2.29 bits per heavy atom. The molecule has 0 unspecified atom stereocenters. The molecule has 0 aliphatic carbocycles. The highest BCUT2D eigenvalue weighted by Gasteiger charge is 2.16. The van der Waals surface area contributed by atoms with Crippen LogP contribution in [-0.4, -0.2) is 39.2 Å². The van der Waals surface area contributed by atoms with Gasteiger partial charge < -0.3 is 19.1 Å². The van der Waals surface area contributed by atoms with Crippen molar-refractivity contribution < 1.29 is 19.0 Å². The first-order chi connectivity index (χ1) is 11.5. The summed E-state index contributed by atoms with van der Waals surface area (Å²) in [5, 5.41) is 0. The highest BCUT2D eigenvalue weighted by molar-refractivity contribution is 9.10. The maximum atomic E-state index is 12.6. The first kappa shape index (κ1) is 18.1. The van der Waals surface area contributed by atoms with Gasteiger partial charge in [0.2, 0.25) is 0 Å². The predicted octanol–water partition coefficient (Wildman–Crippen LogP) is 3.75. The molecule has 0 aromatic heterocycles. The van der Waals surface area contributed by atoms with Crippen molar-refractivity contribution in [3.05, 3.63) is 52.0 Å². The standard InChI is InChI=1S/C18H20BrNO4/c1-20(11-13-5-7-14(22-2)10-17(13)24-4)18(21)12-6-8-16(23-3)15(19)9-12/h5-10H,11H2,1-4H3. The molecule has 0 radical (unpaired) electrons. The predicted molar refractivity (Wildman–Crippen MR) is 96.0 cm³/mol. The van der Waals surface area contributed by atoms with Crippen molar-refractivity contribution in [1.29, 1.82) is 0 Å². The Labute approximate surface area is 150 Å². The van der Waals surface area contributed by atoms with Gasteiger partial charge in [-0.25, -0.2) is 0 Å². The molecule has 0 heterocycles. The number of benzene rings is 2. The molecule has 0 fully saturated rings. The molecule has 128 valence electrons. The topological polar surface area (TPSA) is 48.0 Å². The fourth-order valence-electron chi connectivity index (χ4n) is 2.33. The SMILES string of the molecule is COc1ccc(CN(C)C(=O)c2ccc(OC)c(Br)c2)c(OC)c1. The fraction of sp³-hybridized carbons (Fsp3) is 0.278. The molecule has 6 heteroatoms. The van der Waals surface area contributed by atoms with E-state index in [2.05, 4.69) is 15.9 Å². The van der Waals surface area contributed by atoms with Gasteiger partial charge in [0.05, 0.1) is 25.8 Å². The van der Waals surface area contributed by atoms with E-state index < -0.39 is 0 Å². The molecule has 0 aliphatic rings. The van der Waals surface area contributed by atoms with Crippen LogP contribution in [-0.2, 0) is 6.54 Å². The van der Waals surface area contributed by atoms with Crippen LogP contribution in [0, 0.1) is 0 Å². The number of ether oxygens (including phenoxy) is 3. The van der Waals surface area contributed by atoms with Crippen molar-refractivity contribution in [2.45, 2.75) is 6.54 Å². The second kappa shape index (κ2) is 8.06. The zero-order valence-corrected chi connectivity index (χ0v) is 15.7. The molecule has 0 saturated heterocycles. The zero-order chi connectivity index (χ0) is 17.7. The van der Waals surface area contributed by atoms with Gasteiger partial charge in [-0.15, -0.1) is 0 Å². The van der Waals surface area contributed by atoms with Crippen LogP contribution in [0.3, 0.4) is 0 Å². The summed E-state index contributed by atoms with van der Waals surface area (Å²) in [4.78, 5) is 14.3. The fourth-order valence-corrected chi connectivity index (χ4v) is 2.87. The van der Waals surface area contributed by atoms with E-state index in [1.807, 2.05) is 12.1 Å². The minimum absolute atomic E-state index is 0.0868. The van der Waals surface area contributed by atoms with Crippen LogP contribution in [0.4, 0.5) is 0 Å². The Bertz CT molecular complexity index is 733. The highest BCUT2D eigenvalue weighted by atomic mass is 79.9. The number of methoxy groups -OCH3 is 3. The molecule has 0 atom stereocenters. The van der Waals surface area contributed by atoms with E-state index in [-0.39, 0.29) is 5.91 Å². The van der Waals surface area contributed by atoms with E-state index in [0.29, 0.717) is 29.4 Å². The molecule has 2 aromatic carbocycles. The van der Waals surface area contributed by atoms with Crippen LogP contribution in [0.25, 0.3) is 0 Å². The number of nitrogens with zero attached hydrogens (tertiary/aromatic N) is 1. The van der Waals surface area contributed by atoms with E-state index in [1.54, 1.807) is 57.5 Å². The summed E-state index contributed by atoms with van der Waals surface area (Å²) in [5.41, 5.74) is 1.49. The molecule has 2 rings (SSSR count). The molecule has 1 amide bonds. The number of rotatable bonds is 6. The van der Waals surface area contributed by atoms with Gasteiger partial charge in [0.25, 0.3) is 5.91 Å². The number of carbonyl (C=O) groups is 1. The van der Waals surface area contributed by atoms with Crippen LogP contribution < -0.4 is 14.2 Å². The number of hydrogen-bond donors (Lipinski definition) is 0. The summed E-state index contributed by atoms with van der Waals surface area (Å²) >= 11 is 3.40. The lowest BCUT2D eigenvalue weighted by atomic mass is 10.1. The summed E-state index contributed by atoms with van der Waals surface area (Å²) in [7, 11) is 6.54. The van der Waals surface area contributed by atoms with Gasteiger partial charge in [-0.2, -0.15) is 0 Å². The third-order valence-electron chi connectivity index (χ3n) is 3.65. The van der Waals surface area contributed by atoms with E-state index >= 15 is 0 Å². The lowest BCUT2D eigenvalue weighted by molar-refractivity contribution is 0.0784. The largest absolute Gasteiger partial charge is 0.497 e. The average molecular weight is 394 g/mol. The van der Waals surface area contributed by atoms with Crippen LogP contribution in [0.5, 0.6) is 17.2 Å². The monoisotopic (exact) mass is 393 g/mol. The third-order valence-corrected chi connectivity index (χ3v) is 4.27. The maximum Gasteiger partial charge on any atom is 0.253 e. The molecular weight excluding hydrogens is 374 g/mol. The Balaban J connectivity index is 2.18. The normalized spacial score (nSPS) is 10.2. The van der Waals surface area contributed by atoms with Crippen LogP contribution >= 0.6 is 15.9 Å². The molecule has 5 nitrogen and oxygen atoms in total. The highest BCUT2D eigenvalue weighted by Crippen LogP contribution is 2.28. The van der Waals surface area contributed by atoms with E-state index in [4.69, 9.17) is 14.2 Å². The Hall–Kier alpha value is -2.21. The Morgan fingerprint density at radius 2 is 1.71 bits per heavy atom. The number of amides is 1. The van der Waals surface area contributed by atoms with Crippen molar-refractivity contribution in [2.75, 3.05) is 28.4 Å². The van der Waals surface area contributed by atoms with Gasteiger partial charge in [0, 0.05) is 30.8 Å². The van der Waals surface area contributed by atoms with Gasteiger partial charge >= 0.3 is 0 Å². The summed E-state index contributed by atoms with van der Waals surface area (Å²) in [5.74, 6) is 2.00. The summed E-state index contributed by atoms with van der Waals surface area (Å²) in [6, 6.07) is 10.8. The molecule has 24 heavy (non-hydrogen) atoms. The smallest absolute Gasteiger partial charge is 0.253 e. The Kier molecular flexibility index (Phi) is 6.09.